The Hall–Kier alpha value is -1.19. The smallest absolute Gasteiger partial charge is 0.303 e. The van der Waals surface area contributed by atoms with Crippen molar-refractivity contribution < 1.29 is 37.4 Å². The molecule has 1 heterocycles. The van der Waals surface area contributed by atoms with E-state index >= 15 is 0 Å². The van der Waals surface area contributed by atoms with Crippen LogP contribution in [0.1, 0.15) is 24.8 Å². The molecular formula is C12H18BrNO7. The molecule has 0 saturated carbocycles. The average molecular weight is 371 g/mol. The highest BCUT2D eigenvalue weighted by atomic mass is 79.9. The predicted octanol–water partition coefficient (Wildman–Crippen LogP) is -0.140. The van der Waals surface area contributed by atoms with Gasteiger partial charge in [-0.25, -0.2) is 0 Å². The lowest BCUT2D eigenvalue weighted by molar-refractivity contribution is -0.208. The number of hydrogen-bond donors (Lipinski definition) is 1. The van der Waals surface area contributed by atoms with Crippen LogP contribution in [0.4, 0.5) is 0 Å². The Morgan fingerprint density at radius 3 is 2.29 bits per heavy atom. The maximum Gasteiger partial charge on any atom is 0.303 e. The fourth-order valence-electron chi connectivity index (χ4n) is 1.82. The van der Waals surface area contributed by atoms with Gasteiger partial charge in [0.1, 0.15) is 17.7 Å². The summed E-state index contributed by atoms with van der Waals surface area (Å²) < 4.78 is 41.4. The second-order valence-electron chi connectivity index (χ2n) is 4.20. The number of hydrogen-bond acceptors (Lipinski definition) is 8. The molecule has 0 amide bonds. The van der Waals surface area contributed by atoms with Crippen molar-refractivity contribution in [2.75, 3.05) is 6.61 Å². The van der Waals surface area contributed by atoms with E-state index in [1.165, 1.54) is 0 Å². The molecule has 0 bridgehead atoms. The summed E-state index contributed by atoms with van der Waals surface area (Å²) in [6, 6.07) is -0.924. The topological polar surface area (TPSA) is 114 Å². The molecule has 1 saturated heterocycles. The fourth-order valence-corrected chi connectivity index (χ4v) is 2.39. The molecule has 21 heavy (non-hydrogen) atoms. The molecule has 1 aliphatic heterocycles. The van der Waals surface area contributed by atoms with Gasteiger partial charge in [0.15, 0.2) is 12.2 Å². The number of rotatable bonds is 4. The maximum absolute atomic E-state index is 11.5. The Morgan fingerprint density at radius 1 is 1.14 bits per heavy atom. The number of carbonyl (C=O) groups excluding carboxylic acids is 3. The lowest BCUT2D eigenvalue weighted by atomic mass is 9.98. The fraction of sp³-hybridized carbons (Fsp3) is 0.750. The standard InChI is InChI=1S/C12H18BrNO7/c1-5(15)18-4-8-10(19-6(2)16)11(20-7(3)17)9(14)12(13)21-8/h8-12H,4,14H2,1-3H3/t8-,9-,10-,11-,12?/m1/s1/i1D,2D,3D. The second-order valence-corrected chi connectivity index (χ2v) is 5.10. The Bertz CT molecular complexity index is 470. The Balaban J connectivity index is 2.97. The molecule has 0 aromatic heterocycles. The largest absolute Gasteiger partial charge is 0.463 e. The van der Waals surface area contributed by atoms with Gasteiger partial charge in [-0.1, -0.05) is 15.9 Å². The minimum atomic E-state index is -1.22. The molecule has 0 aromatic carbocycles. The molecule has 2 N–H and O–H groups in total. The third-order valence-corrected chi connectivity index (χ3v) is 3.45. The summed E-state index contributed by atoms with van der Waals surface area (Å²) in [5, 5.41) is -0.799. The van der Waals surface area contributed by atoms with Crippen molar-refractivity contribution in [3.63, 3.8) is 0 Å². The van der Waals surface area contributed by atoms with Gasteiger partial charge in [0, 0.05) is 24.8 Å². The predicted molar refractivity (Wildman–Crippen MR) is 73.3 cm³/mol. The molecule has 1 aliphatic rings. The molecule has 0 aliphatic carbocycles. The van der Waals surface area contributed by atoms with Crippen molar-refractivity contribution in [1.29, 1.82) is 0 Å². The van der Waals surface area contributed by atoms with Crippen LogP contribution in [0, 0.1) is 0 Å². The zero-order chi connectivity index (χ0) is 18.3. The molecule has 1 unspecified atom stereocenters. The van der Waals surface area contributed by atoms with Crippen LogP contribution in [0.15, 0.2) is 0 Å². The van der Waals surface area contributed by atoms with Crippen molar-refractivity contribution in [2.24, 2.45) is 5.73 Å². The summed E-state index contributed by atoms with van der Waals surface area (Å²) in [6.07, 6.45) is -3.40. The van der Waals surface area contributed by atoms with E-state index < -0.39 is 68.0 Å². The first-order chi connectivity index (χ1) is 11.3. The number of nitrogens with two attached hydrogens (primary N) is 1. The molecule has 0 aromatic rings. The first-order valence-electron chi connectivity index (χ1n) is 7.93. The van der Waals surface area contributed by atoms with E-state index in [-0.39, 0.29) is 6.61 Å². The van der Waals surface area contributed by atoms with Gasteiger partial charge in [0.05, 0.1) is 6.04 Å². The summed E-state index contributed by atoms with van der Waals surface area (Å²) in [5.41, 5.74) is 5.89. The summed E-state index contributed by atoms with van der Waals surface area (Å²) in [4.78, 5) is 34.1. The molecule has 120 valence electrons. The Labute approximate surface area is 134 Å². The third-order valence-electron chi connectivity index (χ3n) is 2.62. The van der Waals surface area contributed by atoms with Crippen LogP contribution in [0.2, 0.25) is 0 Å². The number of alkyl halides is 1. The SMILES string of the molecule is [2H]CC(=O)OC[C@H]1OC(Br)[C@H](N)[C@@H](OC(=O)C[2H])[C@@H]1OC(=O)C[2H]. The molecule has 1 fully saturated rings. The van der Waals surface area contributed by atoms with E-state index in [0.717, 1.165) is 0 Å². The van der Waals surface area contributed by atoms with Crippen LogP contribution in [0.5, 0.6) is 0 Å². The Morgan fingerprint density at radius 2 is 1.71 bits per heavy atom. The van der Waals surface area contributed by atoms with E-state index in [4.69, 9.17) is 28.8 Å². The summed E-state index contributed by atoms with van der Waals surface area (Å²) in [5.74, 6) is -2.61. The molecule has 0 spiro atoms. The van der Waals surface area contributed by atoms with Crippen molar-refractivity contribution in [2.45, 2.75) is 50.1 Å². The second kappa shape index (κ2) is 7.71. The van der Waals surface area contributed by atoms with Crippen LogP contribution in [0.3, 0.4) is 0 Å². The lowest BCUT2D eigenvalue weighted by Gasteiger charge is -2.42. The normalized spacial score (nSPS) is 34.0. The molecule has 9 heteroatoms. The maximum atomic E-state index is 11.5. The Kier molecular flexibility index (Phi) is 4.95. The van der Waals surface area contributed by atoms with Gasteiger partial charge in [-0.3, -0.25) is 14.4 Å². The van der Waals surface area contributed by atoms with Crippen molar-refractivity contribution in [1.82, 2.24) is 0 Å². The minimum absolute atomic E-state index is 0.364. The van der Waals surface area contributed by atoms with Crippen molar-refractivity contribution in [3.8, 4) is 0 Å². The summed E-state index contributed by atoms with van der Waals surface area (Å²) >= 11 is 3.14. The highest BCUT2D eigenvalue weighted by molar-refractivity contribution is 9.09. The van der Waals surface area contributed by atoms with E-state index in [1.54, 1.807) is 0 Å². The van der Waals surface area contributed by atoms with E-state index in [2.05, 4.69) is 15.9 Å². The van der Waals surface area contributed by atoms with Gasteiger partial charge < -0.3 is 24.7 Å². The number of carbonyl (C=O) groups is 3. The van der Waals surface area contributed by atoms with Gasteiger partial charge in [-0.2, -0.15) is 0 Å². The van der Waals surface area contributed by atoms with Gasteiger partial charge in [0.25, 0.3) is 0 Å². The van der Waals surface area contributed by atoms with Crippen LogP contribution in [-0.4, -0.2) is 53.9 Å². The van der Waals surface area contributed by atoms with E-state index in [0.29, 0.717) is 0 Å². The van der Waals surface area contributed by atoms with Crippen molar-refractivity contribution >= 4 is 33.8 Å². The molecule has 5 atom stereocenters. The van der Waals surface area contributed by atoms with Crippen LogP contribution < -0.4 is 5.73 Å². The third kappa shape index (κ3) is 5.25. The number of esters is 3. The van der Waals surface area contributed by atoms with Gasteiger partial charge >= 0.3 is 17.9 Å². The van der Waals surface area contributed by atoms with E-state index in [1.807, 2.05) is 0 Å². The van der Waals surface area contributed by atoms with Crippen molar-refractivity contribution in [3.05, 3.63) is 0 Å². The lowest BCUT2D eigenvalue weighted by Crippen LogP contribution is -2.62. The van der Waals surface area contributed by atoms with Gasteiger partial charge in [-0.15, -0.1) is 0 Å². The van der Waals surface area contributed by atoms with Crippen LogP contribution >= 0.6 is 15.9 Å². The molecule has 8 nitrogen and oxygen atoms in total. The zero-order valence-electron chi connectivity index (χ0n) is 14.0. The number of halogens is 1. The average Bonchev–Trinajstić information content (AvgIpc) is 2.58. The van der Waals surface area contributed by atoms with Crippen LogP contribution in [0.25, 0.3) is 0 Å². The highest BCUT2D eigenvalue weighted by Gasteiger charge is 2.47. The van der Waals surface area contributed by atoms with E-state index in [9.17, 15) is 14.4 Å². The summed E-state index contributed by atoms with van der Waals surface area (Å²) in [6.45, 7) is -2.30. The highest BCUT2D eigenvalue weighted by Crippen LogP contribution is 2.28. The van der Waals surface area contributed by atoms with Gasteiger partial charge in [0.2, 0.25) is 0 Å². The monoisotopic (exact) mass is 370 g/mol. The number of ether oxygens (including phenoxy) is 4. The molecule has 1 rings (SSSR count). The quantitative estimate of drug-likeness (QED) is 0.413. The first kappa shape index (κ1) is 13.5. The summed E-state index contributed by atoms with van der Waals surface area (Å²) in [7, 11) is 0. The van der Waals surface area contributed by atoms with Gasteiger partial charge in [-0.05, 0) is 0 Å². The molecular weight excluding hydrogens is 350 g/mol. The van der Waals surface area contributed by atoms with Crippen LogP contribution in [-0.2, 0) is 33.3 Å². The minimum Gasteiger partial charge on any atom is -0.463 e. The molecule has 0 radical (unpaired) electrons. The zero-order valence-corrected chi connectivity index (χ0v) is 12.6. The first-order valence-corrected chi connectivity index (χ1v) is 6.73.